The van der Waals surface area contributed by atoms with E-state index in [0.29, 0.717) is 28.7 Å². The Kier molecular flexibility index (Phi) is 4.89. The molecule has 2 rings (SSSR count). The SMILES string of the molecule is COc1cc(Br)cc(C#N)c1OCc1cccc(Cl)c1. The number of ether oxygens (including phenoxy) is 2. The first-order chi connectivity index (χ1) is 9.63. The van der Waals surface area contributed by atoms with Gasteiger partial charge in [-0.1, -0.05) is 39.7 Å². The van der Waals surface area contributed by atoms with Gasteiger partial charge in [0.15, 0.2) is 11.5 Å². The average Bonchev–Trinajstić information content (AvgIpc) is 2.45. The van der Waals surface area contributed by atoms with Gasteiger partial charge >= 0.3 is 0 Å². The third kappa shape index (κ3) is 3.44. The van der Waals surface area contributed by atoms with Gasteiger partial charge in [-0.25, -0.2) is 0 Å². The summed E-state index contributed by atoms with van der Waals surface area (Å²) in [4.78, 5) is 0. The molecule has 2 aromatic rings. The summed E-state index contributed by atoms with van der Waals surface area (Å²) in [6, 6.07) is 12.9. The minimum atomic E-state index is 0.313. The number of nitriles is 1. The molecule has 20 heavy (non-hydrogen) atoms. The number of hydrogen-bond donors (Lipinski definition) is 0. The molecule has 0 fully saturated rings. The van der Waals surface area contributed by atoms with Gasteiger partial charge in [0.05, 0.1) is 12.7 Å². The van der Waals surface area contributed by atoms with Crippen molar-refractivity contribution in [2.75, 3.05) is 7.11 Å². The van der Waals surface area contributed by atoms with Crippen LogP contribution < -0.4 is 9.47 Å². The molecule has 5 heteroatoms. The van der Waals surface area contributed by atoms with Crippen molar-refractivity contribution in [3.8, 4) is 17.6 Å². The summed E-state index contributed by atoms with van der Waals surface area (Å²) >= 11 is 9.26. The molecule has 0 aromatic heterocycles. The number of hydrogen-bond acceptors (Lipinski definition) is 3. The molecule has 0 atom stereocenters. The van der Waals surface area contributed by atoms with Crippen molar-refractivity contribution in [3.05, 3.63) is 57.0 Å². The smallest absolute Gasteiger partial charge is 0.179 e. The van der Waals surface area contributed by atoms with E-state index in [1.54, 1.807) is 18.2 Å². The van der Waals surface area contributed by atoms with Crippen LogP contribution in [0.5, 0.6) is 11.5 Å². The van der Waals surface area contributed by atoms with Crippen LogP contribution in [-0.4, -0.2) is 7.11 Å². The normalized spacial score (nSPS) is 9.90. The van der Waals surface area contributed by atoms with E-state index in [4.69, 9.17) is 21.1 Å². The standard InChI is InChI=1S/C15H11BrClNO2/c1-19-14-7-12(16)6-11(8-18)15(14)20-9-10-3-2-4-13(17)5-10/h2-7H,9H2,1H3. The lowest BCUT2D eigenvalue weighted by Crippen LogP contribution is -2.00. The van der Waals surface area contributed by atoms with Crippen LogP contribution in [0.2, 0.25) is 5.02 Å². The second kappa shape index (κ2) is 6.65. The maximum atomic E-state index is 9.18. The van der Waals surface area contributed by atoms with Gasteiger partial charge in [-0.05, 0) is 29.8 Å². The molecule has 0 bridgehead atoms. The predicted molar refractivity (Wildman–Crippen MR) is 81.2 cm³/mol. The quantitative estimate of drug-likeness (QED) is 0.810. The topological polar surface area (TPSA) is 42.2 Å². The molecule has 0 aliphatic carbocycles. The zero-order valence-corrected chi connectivity index (χ0v) is 13.0. The highest BCUT2D eigenvalue weighted by Crippen LogP contribution is 2.35. The van der Waals surface area contributed by atoms with Gasteiger partial charge in [-0.15, -0.1) is 0 Å². The number of halogens is 2. The third-order valence-electron chi connectivity index (χ3n) is 2.63. The van der Waals surface area contributed by atoms with E-state index in [1.165, 1.54) is 7.11 Å². The van der Waals surface area contributed by atoms with E-state index in [0.717, 1.165) is 10.0 Å². The summed E-state index contributed by atoms with van der Waals surface area (Å²) in [7, 11) is 1.54. The van der Waals surface area contributed by atoms with Crippen LogP contribution in [0.1, 0.15) is 11.1 Å². The third-order valence-corrected chi connectivity index (χ3v) is 3.33. The Morgan fingerprint density at radius 1 is 1.30 bits per heavy atom. The Morgan fingerprint density at radius 2 is 2.10 bits per heavy atom. The number of benzene rings is 2. The molecular formula is C15H11BrClNO2. The fraction of sp³-hybridized carbons (Fsp3) is 0.133. The monoisotopic (exact) mass is 351 g/mol. The highest BCUT2D eigenvalue weighted by molar-refractivity contribution is 9.10. The van der Waals surface area contributed by atoms with Gasteiger partial charge in [-0.3, -0.25) is 0 Å². The Hall–Kier alpha value is -1.70. The van der Waals surface area contributed by atoms with Crippen molar-refractivity contribution in [2.45, 2.75) is 6.61 Å². The molecular weight excluding hydrogens is 342 g/mol. The molecule has 102 valence electrons. The van der Waals surface area contributed by atoms with Crippen molar-refractivity contribution >= 4 is 27.5 Å². The summed E-state index contributed by atoms with van der Waals surface area (Å²) < 4.78 is 11.7. The Morgan fingerprint density at radius 3 is 2.75 bits per heavy atom. The van der Waals surface area contributed by atoms with E-state index in [-0.39, 0.29) is 0 Å². The second-order valence-corrected chi connectivity index (χ2v) is 5.37. The Labute approximate surface area is 130 Å². The Bertz CT molecular complexity index is 667. The summed E-state index contributed by atoms with van der Waals surface area (Å²) in [5, 5.41) is 9.82. The summed E-state index contributed by atoms with van der Waals surface area (Å²) in [6.07, 6.45) is 0. The minimum absolute atomic E-state index is 0.313. The molecule has 0 N–H and O–H groups in total. The molecule has 0 radical (unpaired) electrons. The van der Waals surface area contributed by atoms with Crippen LogP contribution in [-0.2, 0) is 6.61 Å². The van der Waals surface area contributed by atoms with E-state index in [9.17, 15) is 5.26 Å². The zero-order chi connectivity index (χ0) is 14.5. The second-order valence-electron chi connectivity index (χ2n) is 4.02. The van der Waals surface area contributed by atoms with Gasteiger partial charge in [0, 0.05) is 9.50 Å². The average molecular weight is 353 g/mol. The molecule has 0 amide bonds. The van der Waals surface area contributed by atoms with Crippen molar-refractivity contribution in [1.82, 2.24) is 0 Å². The van der Waals surface area contributed by atoms with Crippen LogP contribution in [0.25, 0.3) is 0 Å². The molecule has 2 aromatic carbocycles. The van der Waals surface area contributed by atoms with E-state index >= 15 is 0 Å². The summed E-state index contributed by atoms with van der Waals surface area (Å²) in [5.74, 6) is 0.941. The van der Waals surface area contributed by atoms with Gasteiger partial charge < -0.3 is 9.47 Å². The van der Waals surface area contributed by atoms with Crippen LogP contribution >= 0.6 is 27.5 Å². The molecule has 0 unspecified atom stereocenters. The minimum Gasteiger partial charge on any atom is -0.493 e. The lowest BCUT2D eigenvalue weighted by atomic mass is 10.2. The molecule has 0 spiro atoms. The molecule has 0 aliphatic rings. The predicted octanol–water partition coefficient (Wildman–Crippen LogP) is 4.56. The van der Waals surface area contributed by atoms with Gasteiger partial charge in [-0.2, -0.15) is 5.26 Å². The van der Waals surface area contributed by atoms with Crippen LogP contribution in [0, 0.1) is 11.3 Å². The van der Waals surface area contributed by atoms with Crippen LogP contribution in [0.15, 0.2) is 40.9 Å². The fourth-order valence-electron chi connectivity index (χ4n) is 1.73. The highest BCUT2D eigenvalue weighted by atomic mass is 79.9. The Balaban J connectivity index is 2.27. The fourth-order valence-corrected chi connectivity index (χ4v) is 2.38. The molecule has 0 saturated carbocycles. The largest absolute Gasteiger partial charge is 0.493 e. The van der Waals surface area contributed by atoms with E-state index in [2.05, 4.69) is 22.0 Å². The summed E-state index contributed by atoms with van der Waals surface area (Å²) in [6.45, 7) is 0.313. The maximum Gasteiger partial charge on any atom is 0.179 e. The van der Waals surface area contributed by atoms with Gasteiger partial charge in [0.2, 0.25) is 0 Å². The zero-order valence-electron chi connectivity index (χ0n) is 10.7. The first kappa shape index (κ1) is 14.7. The first-order valence-electron chi connectivity index (χ1n) is 5.79. The van der Waals surface area contributed by atoms with Gasteiger partial charge in [0.25, 0.3) is 0 Å². The maximum absolute atomic E-state index is 9.18. The number of methoxy groups -OCH3 is 1. The van der Waals surface area contributed by atoms with Gasteiger partial charge in [0.1, 0.15) is 12.7 Å². The van der Waals surface area contributed by atoms with E-state index in [1.807, 2.05) is 18.2 Å². The van der Waals surface area contributed by atoms with Crippen molar-refractivity contribution in [3.63, 3.8) is 0 Å². The summed E-state index contributed by atoms with van der Waals surface area (Å²) in [5.41, 5.74) is 1.34. The first-order valence-corrected chi connectivity index (χ1v) is 6.96. The molecule has 0 saturated heterocycles. The molecule has 3 nitrogen and oxygen atoms in total. The van der Waals surface area contributed by atoms with Crippen LogP contribution in [0.3, 0.4) is 0 Å². The molecule has 0 heterocycles. The highest BCUT2D eigenvalue weighted by Gasteiger charge is 2.12. The van der Waals surface area contributed by atoms with Crippen molar-refractivity contribution < 1.29 is 9.47 Å². The van der Waals surface area contributed by atoms with Crippen molar-refractivity contribution in [2.24, 2.45) is 0 Å². The number of nitrogens with zero attached hydrogens (tertiary/aromatic N) is 1. The van der Waals surface area contributed by atoms with Crippen molar-refractivity contribution in [1.29, 1.82) is 5.26 Å². The lowest BCUT2D eigenvalue weighted by Gasteiger charge is -2.13. The molecule has 0 aliphatic heterocycles. The van der Waals surface area contributed by atoms with E-state index < -0.39 is 0 Å². The lowest BCUT2D eigenvalue weighted by molar-refractivity contribution is 0.283. The van der Waals surface area contributed by atoms with Crippen LogP contribution in [0.4, 0.5) is 0 Å². The number of rotatable bonds is 4.